The van der Waals surface area contributed by atoms with E-state index in [-0.39, 0.29) is 11.3 Å². The predicted molar refractivity (Wildman–Crippen MR) is 73.8 cm³/mol. The summed E-state index contributed by atoms with van der Waals surface area (Å²) in [7, 11) is 1.39. The number of benzene rings is 1. The highest BCUT2D eigenvalue weighted by Gasteiger charge is 2.08. The molecule has 0 fully saturated rings. The van der Waals surface area contributed by atoms with E-state index in [4.69, 9.17) is 4.74 Å². The van der Waals surface area contributed by atoms with Crippen molar-refractivity contribution in [3.63, 3.8) is 0 Å². The van der Waals surface area contributed by atoms with Crippen molar-refractivity contribution in [1.82, 2.24) is 9.97 Å². The number of halogens is 2. The highest BCUT2D eigenvalue weighted by atomic mass is 127. The molecule has 5 nitrogen and oxygen atoms in total. The van der Waals surface area contributed by atoms with Crippen molar-refractivity contribution in [2.75, 3.05) is 12.4 Å². The molecular formula is C11H9FIN3O2. The zero-order valence-corrected chi connectivity index (χ0v) is 11.5. The quantitative estimate of drug-likeness (QED) is 0.824. The standard InChI is InChI=1S/C11H9FIN3O2/c1-18-8-4-6(2-3-7(8)12)16-10-9(13)11(17)15-5-14-10/h2-5H,1H3,(H2,14,15,16,17). The van der Waals surface area contributed by atoms with Crippen molar-refractivity contribution in [2.45, 2.75) is 0 Å². The third-order valence-electron chi connectivity index (χ3n) is 2.21. The summed E-state index contributed by atoms with van der Waals surface area (Å²) in [5.41, 5.74) is 0.353. The van der Waals surface area contributed by atoms with Crippen LogP contribution in [0.15, 0.2) is 29.3 Å². The van der Waals surface area contributed by atoms with Crippen LogP contribution in [0.1, 0.15) is 0 Å². The Hall–Kier alpha value is -1.64. The first-order chi connectivity index (χ1) is 8.61. The zero-order valence-electron chi connectivity index (χ0n) is 9.33. The van der Waals surface area contributed by atoms with Crippen LogP contribution < -0.4 is 15.6 Å². The van der Waals surface area contributed by atoms with Crippen molar-refractivity contribution in [1.29, 1.82) is 0 Å². The first-order valence-corrected chi connectivity index (χ1v) is 6.03. The number of aromatic amines is 1. The lowest BCUT2D eigenvalue weighted by Gasteiger charge is -2.08. The second-order valence-corrected chi connectivity index (χ2v) is 4.45. The molecular weight excluding hydrogens is 352 g/mol. The van der Waals surface area contributed by atoms with Gasteiger partial charge in [0.15, 0.2) is 17.4 Å². The van der Waals surface area contributed by atoms with Crippen molar-refractivity contribution in [2.24, 2.45) is 0 Å². The molecule has 0 aliphatic carbocycles. The smallest absolute Gasteiger partial charge is 0.266 e. The SMILES string of the molecule is COc1cc(Nc2nc[nH]c(=O)c2I)ccc1F. The van der Waals surface area contributed by atoms with E-state index in [1.807, 2.05) is 22.6 Å². The molecule has 1 heterocycles. The number of nitrogens with zero attached hydrogens (tertiary/aromatic N) is 1. The van der Waals surface area contributed by atoms with Crippen LogP contribution >= 0.6 is 22.6 Å². The Morgan fingerprint density at radius 3 is 3.00 bits per heavy atom. The molecule has 0 saturated carbocycles. The summed E-state index contributed by atoms with van der Waals surface area (Å²) >= 11 is 1.88. The number of H-pyrrole nitrogens is 1. The van der Waals surface area contributed by atoms with Crippen LogP contribution in [0.3, 0.4) is 0 Å². The molecule has 0 radical (unpaired) electrons. The van der Waals surface area contributed by atoms with Crippen molar-refractivity contribution < 1.29 is 9.13 Å². The fraction of sp³-hybridized carbons (Fsp3) is 0.0909. The Labute approximate surface area is 116 Å². The fourth-order valence-electron chi connectivity index (χ4n) is 1.34. The molecule has 0 bridgehead atoms. The van der Waals surface area contributed by atoms with Gasteiger partial charge in [-0.05, 0) is 34.7 Å². The molecule has 0 aliphatic rings. The Morgan fingerprint density at radius 2 is 2.28 bits per heavy atom. The number of hydrogen-bond donors (Lipinski definition) is 2. The van der Waals surface area contributed by atoms with Crippen molar-refractivity contribution >= 4 is 34.1 Å². The van der Waals surface area contributed by atoms with Gasteiger partial charge >= 0.3 is 0 Å². The summed E-state index contributed by atoms with van der Waals surface area (Å²) in [6.07, 6.45) is 1.30. The van der Waals surface area contributed by atoms with Gasteiger partial charge in [-0.1, -0.05) is 0 Å². The van der Waals surface area contributed by atoms with Gasteiger partial charge in [-0.3, -0.25) is 4.79 Å². The Bertz CT molecular complexity index is 630. The van der Waals surface area contributed by atoms with Crippen LogP contribution in [0, 0.1) is 9.39 Å². The molecule has 7 heteroatoms. The molecule has 2 N–H and O–H groups in total. The van der Waals surface area contributed by atoms with E-state index in [1.165, 1.54) is 31.6 Å². The van der Waals surface area contributed by atoms with Crippen LogP contribution in [0.4, 0.5) is 15.9 Å². The lowest BCUT2D eigenvalue weighted by atomic mass is 10.3. The summed E-state index contributed by atoms with van der Waals surface area (Å²) in [5.74, 6) is 0.0875. The van der Waals surface area contributed by atoms with Gasteiger partial charge in [0.25, 0.3) is 5.56 Å². The summed E-state index contributed by atoms with van der Waals surface area (Å²) in [4.78, 5) is 17.8. The summed E-state index contributed by atoms with van der Waals surface area (Å²) in [6, 6.07) is 4.31. The number of anilines is 2. The molecule has 1 aromatic carbocycles. The Kier molecular flexibility index (Phi) is 3.80. The monoisotopic (exact) mass is 361 g/mol. The van der Waals surface area contributed by atoms with Gasteiger partial charge in [0.05, 0.1) is 13.4 Å². The third kappa shape index (κ3) is 2.61. The molecule has 0 spiro atoms. The van der Waals surface area contributed by atoms with Crippen LogP contribution in [-0.4, -0.2) is 17.1 Å². The maximum Gasteiger partial charge on any atom is 0.266 e. The number of methoxy groups -OCH3 is 1. The number of ether oxygens (including phenoxy) is 1. The second kappa shape index (κ2) is 5.34. The van der Waals surface area contributed by atoms with Gasteiger partial charge in [0, 0.05) is 11.8 Å². The third-order valence-corrected chi connectivity index (χ3v) is 3.21. The molecule has 1 aromatic heterocycles. The highest BCUT2D eigenvalue weighted by Crippen LogP contribution is 2.24. The van der Waals surface area contributed by atoms with Gasteiger partial charge in [-0.15, -0.1) is 0 Å². The Morgan fingerprint density at radius 1 is 1.50 bits per heavy atom. The average Bonchev–Trinajstić information content (AvgIpc) is 2.37. The molecule has 0 amide bonds. The van der Waals surface area contributed by atoms with Crippen molar-refractivity contribution in [3.8, 4) is 5.75 Å². The minimum atomic E-state index is -0.448. The van der Waals surface area contributed by atoms with Gasteiger partial charge in [-0.2, -0.15) is 0 Å². The van der Waals surface area contributed by atoms with E-state index in [2.05, 4.69) is 15.3 Å². The summed E-state index contributed by atoms with van der Waals surface area (Å²) in [6.45, 7) is 0. The number of aromatic nitrogens is 2. The minimum Gasteiger partial charge on any atom is -0.494 e. The van der Waals surface area contributed by atoms with Crippen LogP contribution in [0.25, 0.3) is 0 Å². The molecule has 0 saturated heterocycles. The van der Waals surface area contributed by atoms with E-state index in [0.29, 0.717) is 15.1 Å². The van der Waals surface area contributed by atoms with Crippen LogP contribution in [0.2, 0.25) is 0 Å². The molecule has 0 unspecified atom stereocenters. The normalized spacial score (nSPS) is 10.2. The second-order valence-electron chi connectivity index (χ2n) is 3.37. The summed E-state index contributed by atoms with van der Waals surface area (Å²) < 4.78 is 18.5. The molecule has 94 valence electrons. The number of rotatable bonds is 3. The van der Waals surface area contributed by atoms with Gasteiger partial charge < -0.3 is 15.0 Å². The first-order valence-electron chi connectivity index (χ1n) is 4.95. The lowest BCUT2D eigenvalue weighted by molar-refractivity contribution is 0.387. The first kappa shape index (κ1) is 12.8. The highest BCUT2D eigenvalue weighted by molar-refractivity contribution is 14.1. The van der Waals surface area contributed by atoms with Gasteiger partial charge in [-0.25, -0.2) is 9.37 Å². The zero-order chi connectivity index (χ0) is 13.1. The van der Waals surface area contributed by atoms with Gasteiger partial charge in [0.2, 0.25) is 0 Å². The van der Waals surface area contributed by atoms with E-state index in [9.17, 15) is 9.18 Å². The molecule has 0 atom stereocenters. The summed E-state index contributed by atoms with van der Waals surface area (Å²) in [5, 5.41) is 2.93. The molecule has 18 heavy (non-hydrogen) atoms. The lowest BCUT2D eigenvalue weighted by Crippen LogP contribution is -2.12. The minimum absolute atomic E-state index is 0.125. The molecule has 2 aromatic rings. The van der Waals surface area contributed by atoms with Gasteiger partial charge in [0.1, 0.15) is 3.57 Å². The predicted octanol–water partition coefficient (Wildman–Crippen LogP) is 2.27. The van der Waals surface area contributed by atoms with Crippen LogP contribution in [-0.2, 0) is 0 Å². The topological polar surface area (TPSA) is 67.0 Å². The van der Waals surface area contributed by atoms with E-state index >= 15 is 0 Å². The number of nitrogens with one attached hydrogen (secondary N) is 2. The number of hydrogen-bond acceptors (Lipinski definition) is 4. The van der Waals surface area contributed by atoms with E-state index in [0.717, 1.165) is 0 Å². The maximum atomic E-state index is 13.2. The fourth-order valence-corrected chi connectivity index (χ4v) is 1.77. The average molecular weight is 361 g/mol. The van der Waals surface area contributed by atoms with Crippen molar-refractivity contribution in [3.05, 3.63) is 44.3 Å². The van der Waals surface area contributed by atoms with Crippen LogP contribution in [0.5, 0.6) is 5.75 Å². The van der Waals surface area contributed by atoms with E-state index in [1.54, 1.807) is 0 Å². The molecule has 2 rings (SSSR count). The Balaban J connectivity index is 2.34. The molecule has 0 aliphatic heterocycles. The largest absolute Gasteiger partial charge is 0.494 e. The van der Waals surface area contributed by atoms with E-state index < -0.39 is 5.82 Å². The maximum absolute atomic E-state index is 13.2.